The van der Waals surface area contributed by atoms with Gasteiger partial charge in [0.15, 0.2) is 11.5 Å². The van der Waals surface area contributed by atoms with E-state index in [-0.39, 0.29) is 12.2 Å². The van der Waals surface area contributed by atoms with Crippen molar-refractivity contribution in [2.24, 2.45) is 35.5 Å². The number of hydrogen-bond acceptors (Lipinski definition) is 5. The molecule has 0 heterocycles. The number of ether oxygens (including phenoxy) is 1. The van der Waals surface area contributed by atoms with Crippen molar-refractivity contribution in [2.75, 3.05) is 7.11 Å². The summed E-state index contributed by atoms with van der Waals surface area (Å²) in [7, 11) is -2.32. The Morgan fingerprint density at radius 3 is 1.67 bits per heavy atom. The molecule has 188 valence electrons. The lowest BCUT2D eigenvalue weighted by Gasteiger charge is -2.41. The van der Waals surface area contributed by atoms with E-state index in [0.717, 1.165) is 25.7 Å². The third kappa shape index (κ3) is 6.99. The van der Waals surface area contributed by atoms with Gasteiger partial charge < -0.3 is 9.26 Å². The predicted molar refractivity (Wildman–Crippen MR) is 134 cm³/mol. The first-order valence-electron chi connectivity index (χ1n) is 12.9. The van der Waals surface area contributed by atoms with Crippen LogP contribution in [0.2, 0.25) is 0 Å². The van der Waals surface area contributed by atoms with E-state index in [4.69, 9.17) is 18.3 Å². The van der Waals surface area contributed by atoms with Gasteiger partial charge in [-0.2, -0.15) is 0 Å². The molecule has 1 aromatic carbocycles. The van der Waals surface area contributed by atoms with Crippen molar-refractivity contribution in [1.82, 2.24) is 0 Å². The molecule has 5 nitrogen and oxygen atoms in total. The highest BCUT2D eigenvalue weighted by Gasteiger charge is 2.44. The second-order valence-electron chi connectivity index (χ2n) is 11.1. The van der Waals surface area contributed by atoms with Gasteiger partial charge in [-0.25, -0.2) is 4.57 Å². The van der Waals surface area contributed by atoms with Crippen molar-refractivity contribution in [3.63, 3.8) is 0 Å². The summed E-state index contributed by atoms with van der Waals surface area (Å²) >= 11 is 0. The van der Waals surface area contributed by atoms with E-state index in [1.54, 1.807) is 19.2 Å². The second kappa shape index (κ2) is 11.6. The molecule has 0 spiro atoms. The van der Waals surface area contributed by atoms with E-state index >= 15 is 0 Å². The minimum absolute atomic E-state index is 0.146. The molecular formula is C27H45O5P. The van der Waals surface area contributed by atoms with Gasteiger partial charge in [0, 0.05) is 0 Å². The molecule has 2 aliphatic rings. The molecule has 2 saturated carbocycles. The fourth-order valence-electron chi connectivity index (χ4n) is 5.69. The lowest BCUT2D eigenvalue weighted by Crippen LogP contribution is -2.37. The Bertz CT molecular complexity index is 756. The number of phosphoric ester groups is 1. The van der Waals surface area contributed by atoms with E-state index in [0.29, 0.717) is 47.0 Å². The van der Waals surface area contributed by atoms with Crippen molar-refractivity contribution in [3.8, 4) is 11.5 Å². The van der Waals surface area contributed by atoms with Gasteiger partial charge in [-0.15, -0.1) is 0 Å². The molecule has 0 aromatic heterocycles. The van der Waals surface area contributed by atoms with Crippen LogP contribution in [0.5, 0.6) is 11.5 Å². The molecule has 0 saturated heterocycles. The maximum Gasteiger partial charge on any atom is 0.530 e. The standard InChI is InChI=1S/C27H45O5P/c1-18(2)22-14-12-20(5)16-26(22)31-33(28,30-25-11-9-8-10-24(25)29-7)32-27-17-21(6)13-15-23(27)19(3)4/h8-11,18-23,26-27H,12-17H2,1-7H3/t20-,21-,22+,23+,26-,27-/m1/s1. The summed E-state index contributed by atoms with van der Waals surface area (Å²) in [6.45, 7) is 13.4. The van der Waals surface area contributed by atoms with Gasteiger partial charge in [-0.3, -0.25) is 9.05 Å². The largest absolute Gasteiger partial charge is 0.530 e. The summed E-state index contributed by atoms with van der Waals surface area (Å²) in [6.07, 6.45) is 5.97. The van der Waals surface area contributed by atoms with Crippen LogP contribution in [0.15, 0.2) is 24.3 Å². The van der Waals surface area contributed by atoms with Gasteiger partial charge >= 0.3 is 7.82 Å². The second-order valence-corrected chi connectivity index (χ2v) is 12.6. The normalized spacial score (nSPS) is 31.1. The van der Waals surface area contributed by atoms with Crippen molar-refractivity contribution in [3.05, 3.63) is 24.3 Å². The molecule has 6 heteroatoms. The number of methoxy groups -OCH3 is 1. The zero-order valence-electron chi connectivity index (χ0n) is 21.7. The summed E-state index contributed by atoms with van der Waals surface area (Å²) in [5, 5.41) is 0. The van der Waals surface area contributed by atoms with E-state index in [2.05, 4.69) is 41.5 Å². The average molecular weight is 481 g/mol. The van der Waals surface area contributed by atoms with Crippen molar-refractivity contribution in [2.45, 2.75) is 92.3 Å². The maximum absolute atomic E-state index is 14.4. The molecule has 3 rings (SSSR count). The highest BCUT2D eigenvalue weighted by atomic mass is 31.2. The Labute approximate surface area is 201 Å². The van der Waals surface area contributed by atoms with E-state index in [1.807, 2.05) is 12.1 Å². The van der Waals surface area contributed by atoms with Crippen molar-refractivity contribution in [1.29, 1.82) is 0 Å². The van der Waals surface area contributed by atoms with Crippen molar-refractivity contribution >= 4 is 7.82 Å². The van der Waals surface area contributed by atoms with Crippen LogP contribution in [0.4, 0.5) is 0 Å². The third-order valence-corrected chi connectivity index (χ3v) is 9.21. The topological polar surface area (TPSA) is 54.0 Å². The molecule has 2 aliphatic carbocycles. The first-order valence-corrected chi connectivity index (χ1v) is 14.4. The molecule has 6 atom stereocenters. The number of benzene rings is 1. The molecule has 33 heavy (non-hydrogen) atoms. The van der Waals surface area contributed by atoms with Gasteiger partial charge in [0.2, 0.25) is 0 Å². The van der Waals surface area contributed by atoms with E-state index in [9.17, 15) is 4.57 Å². The summed E-state index contributed by atoms with van der Waals surface area (Å²) in [5.74, 6) is 3.56. The van der Waals surface area contributed by atoms with Crippen LogP contribution < -0.4 is 9.26 Å². The average Bonchev–Trinajstić information content (AvgIpc) is 2.73. The van der Waals surface area contributed by atoms with Crippen LogP contribution in [-0.4, -0.2) is 19.3 Å². The monoisotopic (exact) mass is 480 g/mol. The highest BCUT2D eigenvalue weighted by molar-refractivity contribution is 7.49. The Kier molecular flexibility index (Phi) is 9.34. The van der Waals surface area contributed by atoms with Gasteiger partial charge in [0.1, 0.15) is 0 Å². The first kappa shape index (κ1) is 26.6. The van der Waals surface area contributed by atoms with Gasteiger partial charge in [0.25, 0.3) is 0 Å². The van der Waals surface area contributed by atoms with Crippen LogP contribution in [0.1, 0.15) is 80.1 Å². The summed E-state index contributed by atoms with van der Waals surface area (Å²) < 4.78 is 38.9. The first-order chi connectivity index (χ1) is 15.6. The third-order valence-electron chi connectivity index (χ3n) is 7.73. The highest BCUT2D eigenvalue weighted by Crippen LogP contribution is 2.58. The number of phosphoric acid groups is 1. The summed E-state index contributed by atoms with van der Waals surface area (Å²) in [5.41, 5.74) is 0. The molecule has 2 fully saturated rings. The van der Waals surface area contributed by atoms with Crippen LogP contribution in [0, 0.1) is 35.5 Å². The fraction of sp³-hybridized carbons (Fsp3) is 0.778. The molecule has 0 radical (unpaired) electrons. The quantitative estimate of drug-likeness (QED) is 0.334. The number of hydrogen-bond donors (Lipinski definition) is 0. The van der Waals surface area contributed by atoms with Gasteiger partial charge in [-0.05, 0) is 73.3 Å². The Morgan fingerprint density at radius 1 is 0.788 bits per heavy atom. The Balaban J connectivity index is 1.92. The molecule has 0 bridgehead atoms. The molecule has 0 amide bonds. The fourth-order valence-corrected chi connectivity index (χ4v) is 7.36. The van der Waals surface area contributed by atoms with Gasteiger partial charge in [0.05, 0.1) is 19.3 Å². The number of para-hydroxylation sites is 2. The lowest BCUT2D eigenvalue weighted by molar-refractivity contribution is -0.0200. The molecule has 0 N–H and O–H groups in total. The van der Waals surface area contributed by atoms with Crippen LogP contribution in [0.25, 0.3) is 0 Å². The smallest absolute Gasteiger partial charge is 0.493 e. The van der Waals surface area contributed by atoms with Crippen LogP contribution in [-0.2, 0) is 13.6 Å². The summed E-state index contributed by atoms with van der Waals surface area (Å²) in [4.78, 5) is 0. The molecule has 0 unspecified atom stereocenters. The van der Waals surface area contributed by atoms with E-state index in [1.165, 1.54) is 12.8 Å². The Hall–Kier alpha value is -1.03. The van der Waals surface area contributed by atoms with Crippen LogP contribution in [0.3, 0.4) is 0 Å². The molecule has 0 aliphatic heterocycles. The Morgan fingerprint density at radius 2 is 1.24 bits per heavy atom. The maximum atomic E-state index is 14.4. The lowest BCUT2D eigenvalue weighted by atomic mass is 9.75. The zero-order chi connectivity index (χ0) is 24.2. The minimum atomic E-state index is -3.91. The minimum Gasteiger partial charge on any atom is -0.493 e. The van der Waals surface area contributed by atoms with Gasteiger partial charge in [-0.1, -0.05) is 66.5 Å². The SMILES string of the molecule is COc1ccccc1OP(=O)(O[C@@H]1C[C@H](C)CC[C@H]1C(C)C)O[C@@H]1C[C@H](C)CC[C@H]1C(C)C. The molecule has 1 aromatic rings. The van der Waals surface area contributed by atoms with E-state index < -0.39 is 7.82 Å². The summed E-state index contributed by atoms with van der Waals surface area (Å²) in [6, 6.07) is 7.29. The zero-order valence-corrected chi connectivity index (χ0v) is 22.6. The molecular weight excluding hydrogens is 435 g/mol. The predicted octanol–water partition coefficient (Wildman–Crippen LogP) is 8.14. The number of rotatable bonds is 9. The van der Waals surface area contributed by atoms with Crippen LogP contribution >= 0.6 is 7.82 Å². The van der Waals surface area contributed by atoms with Crippen molar-refractivity contribution < 1.29 is 22.9 Å².